The molecule has 1 amide bonds. The van der Waals surface area contributed by atoms with Gasteiger partial charge in [0.25, 0.3) is 5.91 Å². The van der Waals surface area contributed by atoms with Crippen molar-refractivity contribution in [3.05, 3.63) is 56.5 Å². The number of carbonyl (C=O) groups is 1. The predicted octanol–water partition coefficient (Wildman–Crippen LogP) is 4.43. The maximum Gasteiger partial charge on any atom is 0.255 e. The molecule has 0 saturated heterocycles. The fraction of sp³-hybridized carbons (Fsp3) is 0.133. The summed E-state index contributed by atoms with van der Waals surface area (Å²) in [5.41, 5.74) is 3.75. The lowest BCUT2D eigenvalue weighted by Gasteiger charge is -2.10. The van der Waals surface area contributed by atoms with Crippen LogP contribution in [0.2, 0.25) is 0 Å². The summed E-state index contributed by atoms with van der Waals surface area (Å²) in [6.07, 6.45) is 0.967. The number of carbonyl (C=O) groups excluding carboxylic acids is 1. The fourth-order valence-electron chi connectivity index (χ4n) is 2.25. The highest BCUT2D eigenvalue weighted by molar-refractivity contribution is 9.11. The van der Waals surface area contributed by atoms with Crippen LogP contribution in [0, 0.1) is 0 Å². The summed E-state index contributed by atoms with van der Waals surface area (Å²) < 4.78 is 1.70. The molecule has 0 radical (unpaired) electrons. The van der Waals surface area contributed by atoms with Crippen LogP contribution < -0.4 is 10.6 Å². The maximum atomic E-state index is 12.3. The molecular weight excluding hydrogens is 384 g/mol. The minimum Gasteiger partial charge on any atom is -0.384 e. The van der Waals surface area contributed by atoms with Crippen molar-refractivity contribution in [2.24, 2.45) is 0 Å². The first-order chi connectivity index (χ1) is 9.65. The maximum absolute atomic E-state index is 12.3. The van der Waals surface area contributed by atoms with E-state index in [1.165, 1.54) is 5.56 Å². The highest BCUT2D eigenvalue weighted by Gasteiger charge is 2.15. The molecule has 1 aliphatic rings. The Kier molecular flexibility index (Phi) is 3.81. The van der Waals surface area contributed by atoms with E-state index < -0.39 is 0 Å². The molecule has 0 aromatic heterocycles. The van der Waals surface area contributed by atoms with Gasteiger partial charge >= 0.3 is 0 Å². The number of nitrogens with one attached hydrogen (secondary N) is 2. The topological polar surface area (TPSA) is 41.1 Å². The average molecular weight is 396 g/mol. The van der Waals surface area contributed by atoms with Crippen LogP contribution in [0.5, 0.6) is 0 Å². The van der Waals surface area contributed by atoms with E-state index in [1.807, 2.05) is 36.4 Å². The van der Waals surface area contributed by atoms with Crippen LogP contribution in [-0.2, 0) is 6.42 Å². The molecule has 0 saturated carbocycles. The van der Waals surface area contributed by atoms with Crippen LogP contribution in [0.3, 0.4) is 0 Å². The summed E-state index contributed by atoms with van der Waals surface area (Å²) in [6, 6.07) is 11.5. The van der Waals surface area contributed by atoms with Gasteiger partial charge in [-0.15, -0.1) is 0 Å². The van der Waals surface area contributed by atoms with Gasteiger partial charge in [0, 0.05) is 26.7 Å². The summed E-state index contributed by atoms with van der Waals surface area (Å²) in [5, 5.41) is 6.22. The zero-order chi connectivity index (χ0) is 14.1. The van der Waals surface area contributed by atoms with E-state index >= 15 is 0 Å². The number of benzene rings is 2. The van der Waals surface area contributed by atoms with Crippen molar-refractivity contribution < 1.29 is 4.79 Å². The van der Waals surface area contributed by atoms with Crippen LogP contribution in [0.1, 0.15) is 15.9 Å². The van der Waals surface area contributed by atoms with Crippen LogP contribution in [0.4, 0.5) is 11.4 Å². The molecule has 102 valence electrons. The Bertz CT molecular complexity index is 665. The lowest BCUT2D eigenvalue weighted by atomic mass is 10.1. The van der Waals surface area contributed by atoms with Crippen LogP contribution in [-0.4, -0.2) is 12.5 Å². The summed E-state index contributed by atoms with van der Waals surface area (Å²) in [5.74, 6) is -0.104. The number of para-hydroxylation sites is 1. The van der Waals surface area contributed by atoms with Gasteiger partial charge in [-0.25, -0.2) is 0 Å². The van der Waals surface area contributed by atoms with Crippen molar-refractivity contribution in [2.45, 2.75) is 6.42 Å². The molecule has 2 N–H and O–H groups in total. The minimum atomic E-state index is -0.104. The van der Waals surface area contributed by atoms with Gasteiger partial charge in [-0.2, -0.15) is 0 Å². The first-order valence-corrected chi connectivity index (χ1v) is 7.86. The molecule has 0 atom stereocenters. The van der Waals surface area contributed by atoms with Gasteiger partial charge in [-0.1, -0.05) is 6.07 Å². The summed E-state index contributed by atoms with van der Waals surface area (Å²) >= 11 is 6.89. The van der Waals surface area contributed by atoms with Crippen LogP contribution >= 0.6 is 31.9 Å². The lowest BCUT2D eigenvalue weighted by Crippen LogP contribution is -2.13. The minimum absolute atomic E-state index is 0.104. The standard InChI is InChI=1S/C15H12Br2N2O/c16-11-2-1-3-12(17)14(11)19-15(20)10-4-5-13-9(8-10)6-7-18-13/h1-5,8,18H,6-7H2,(H,19,20). The fourth-order valence-corrected chi connectivity index (χ4v) is 3.45. The van der Waals surface area contributed by atoms with Gasteiger partial charge in [0.1, 0.15) is 0 Å². The average Bonchev–Trinajstić information content (AvgIpc) is 2.90. The Morgan fingerprint density at radius 2 is 1.90 bits per heavy atom. The number of hydrogen-bond donors (Lipinski definition) is 2. The highest BCUT2D eigenvalue weighted by Crippen LogP contribution is 2.31. The third-order valence-electron chi connectivity index (χ3n) is 3.28. The zero-order valence-electron chi connectivity index (χ0n) is 10.5. The molecule has 5 heteroatoms. The quantitative estimate of drug-likeness (QED) is 0.789. The van der Waals surface area contributed by atoms with Crippen molar-refractivity contribution >= 4 is 49.1 Å². The van der Waals surface area contributed by atoms with E-state index in [0.29, 0.717) is 5.56 Å². The molecule has 0 unspecified atom stereocenters. The SMILES string of the molecule is O=C(Nc1c(Br)cccc1Br)c1ccc2c(c1)CCN2. The van der Waals surface area contributed by atoms with E-state index in [2.05, 4.69) is 42.5 Å². The molecule has 2 aromatic carbocycles. The molecule has 20 heavy (non-hydrogen) atoms. The summed E-state index contributed by atoms with van der Waals surface area (Å²) in [7, 11) is 0. The summed E-state index contributed by atoms with van der Waals surface area (Å²) in [4.78, 5) is 12.3. The molecule has 0 aliphatic carbocycles. The lowest BCUT2D eigenvalue weighted by molar-refractivity contribution is 0.102. The van der Waals surface area contributed by atoms with Gasteiger partial charge < -0.3 is 10.6 Å². The smallest absolute Gasteiger partial charge is 0.255 e. The molecule has 3 rings (SSSR count). The van der Waals surface area contributed by atoms with Crippen molar-refractivity contribution in [1.29, 1.82) is 0 Å². The normalized spacial score (nSPS) is 12.7. The third kappa shape index (κ3) is 2.60. The van der Waals surface area contributed by atoms with Gasteiger partial charge in [0.05, 0.1) is 5.69 Å². The van der Waals surface area contributed by atoms with Crippen molar-refractivity contribution in [3.63, 3.8) is 0 Å². The Morgan fingerprint density at radius 1 is 1.15 bits per heavy atom. The Labute approximate surface area is 134 Å². The molecule has 1 heterocycles. The van der Waals surface area contributed by atoms with E-state index in [-0.39, 0.29) is 5.91 Å². The monoisotopic (exact) mass is 394 g/mol. The van der Waals surface area contributed by atoms with E-state index in [4.69, 9.17) is 0 Å². The summed E-state index contributed by atoms with van der Waals surface area (Å²) in [6.45, 7) is 0.941. The van der Waals surface area contributed by atoms with E-state index in [9.17, 15) is 4.79 Å². The van der Waals surface area contributed by atoms with Gasteiger partial charge in [0.2, 0.25) is 0 Å². The Hall–Kier alpha value is -1.33. The van der Waals surface area contributed by atoms with Crippen LogP contribution in [0.25, 0.3) is 0 Å². The van der Waals surface area contributed by atoms with E-state index in [0.717, 1.165) is 33.3 Å². The third-order valence-corrected chi connectivity index (χ3v) is 4.60. The molecule has 0 fully saturated rings. The Balaban J connectivity index is 1.86. The second-order valence-electron chi connectivity index (χ2n) is 4.60. The van der Waals surface area contributed by atoms with Crippen molar-refractivity contribution in [1.82, 2.24) is 0 Å². The van der Waals surface area contributed by atoms with Crippen molar-refractivity contribution in [2.75, 3.05) is 17.2 Å². The van der Waals surface area contributed by atoms with E-state index in [1.54, 1.807) is 0 Å². The molecule has 0 bridgehead atoms. The molecule has 0 spiro atoms. The zero-order valence-corrected chi connectivity index (χ0v) is 13.7. The molecule has 1 aliphatic heterocycles. The van der Waals surface area contributed by atoms with Gasteiger partial charge in [-0.05, 0) is 74.2 Å². The van der Waals surface area contributed by atoms with Crippen LogP contribution in [0.15, 0.2) is 45.3 Å². The second-order valence-corrected chi connectivity index (χ2v) is 6.31. The number of fused-ring (bicyclic) bond motifs is 1. The Morgan fingerprint density at radius 3 is 2.65 bits per heavy atom. The molecule has 2 aromatic rings. The highest BCUT2D eigenvalue weighted by atomic mass is 79.9. The number of hydrogen-bond acceptors (Lipinski definition) is 2. The van der Waals surface area contributed by atoms with Crippen molar-refractivity contribution in [3.8, 4) is 0 Å². The number of rotatable bonds is 2. The van der Waals surface area contributed by atoms with Gasteiger partial charge in [-0.3, -0.25) is 4.79 Å². The number of halogens is 2. The predicted molar refractivity (Wildman–Crippen MR) is 88.4 cm³/mol. The second kappa shape index (κ2) is 5.58. The molecule has 3 nitrogen and oxygen atoms in total. The molecular formula is C15H12Br2N2O. The van der Waals surface area contributed by atoms with Gasteiger partial charge in [0.15, 0.2) is 0 Å². The largest absolute Gasteiger partial charge is 0.384 e. The number of anilines is 2. The first-order valence-electron chi connectivity index (χ1n) is 6.27. The first kappa shape index (κ1) is 13.6. The number of amides is 1.